The summed E-state index contributed by atoms with van der Waals surface area (Å²) >= 11 is 0. The minimum Gasteiger partial charge on any atom is -0.395 e. The van der Waals surface area contributed by atoms with Gasteiger partial charge >= 0.3 is 0 Å². The summed E-state index contributed by atoms with van der Waals surface area (Å²) < 4.78 is 26.9. The largest absolute Gasteiger partial charge is 0.395 e. The van der Waals surface area contributed by atoms with Crippen LogP contribution in [-0.2, 0) is 10.0 Å². The molecule has 1 aromatic carbocycles. The molecular formula is C21H36N2O6S. The first-order valence-corrected chi connectivity index (χ1v) is 12.5. The van der Waals surface area contributed by atoms with Crippen molar-refractivity contribution in [2.45, 2.75) is 83.3 Å². The molecule has 0 aliphatic rings. The van der Waals surface area contributed by atoms with Crippen molar-refractivity contribution in [3.8, 4) is 0 Å². The number of sulfonamides is 1. The van der Waals surface area contributed by atoms with Crippen molar-refractivity contribution in [3.63, 3.8) is 0 Å². The van der Waals surface area contributed by atoms with Crippen LogP contribution in [0.3, 0.4) is 0 Å². The zero-order chi connectivity index (χ0) is 22.4. The lowest BCUT2D eigenvalue weighted by Crippen LogP contribution is -2.42. The quantitative estimate of drug-likeness (QED) is 0.190. The Bertz CT molecular complexity index is 709. The molecule has 0 spiro atoms. The van der Waals surface area contributed by atoms with Crippen LogP contribution in [0.5, 0.6) is 0 Å². The molecule has 0 aromatic heterocycles. The molecule has 0 radical (unpaired) electrons. The molecule has 0 bridgehead atoms. The molecule has 0 saturated heterocycles. The van der Waals surface area contributed by atoms with E-state index in [1.165, 1.54) is 62.8 Å². The second-order valence-electron chi connectivity index (χ2n) is 7.70. The third-order valence-electron chi connectivity index (χ3n) is 5.12. The average Bonchev–Trinajstić information content (AvgIpc) is 2.73. The lowest BCUT2D eigenvalue weighted by molar-refractivity contribution is -0.384. The molecule has 0 aliphatic carbocycles. The standard InChI is InChI=1S/C21H36N2O6S/c1-2-3-4-5-6-7-8-9-10-11-16-30(28,29)22-20(17-24)21(25)18-12-14-19(15-13-18)23(26)27/h12-15,20-22,24-25H,2-11,16-17H2,1H3/t20-,21-/m1/s1. The Morgan fingerprint density at radius 3 is 1.93 bits per heavy atom. The summed E-state index contributed by atoms with van der Waals surface area (Å²) in [5.74, 6) is -0.0625. The van der Waals surface area contributed by atoms with Crippen LogP contribution in [0.25, 0.3) is 0 Å². The van der Waals surface area contributed by atoms with E-state index in [9.17, 15) is 28.7 Å². The van der Waals surface area contributed by atoms with Crippen molar-refractivity contribution in [3.05, 3.63) is 39.9 Å². The molecule has 1 aromatic rings. The van der Waals surface area contributed by atoms with Crippen LogP contribution in [0.4, 0.5) is 5.69 Å². The third kappa shape index (κ3) is 10.5. The van der Waals surface area contributed by atoms with Gasteiger partial charge in [-0.15, -0.1) is 0 Å². The van der Waals surface area contributed by atoms with Gasteiger partial charge in [0, 0.05) is 12.1 Å². The number of rotatable bonds is 17. The second kappa shape index (κ2) is 14.5. The molecule has 1 rings (SSSR count). The first kappa shape index (κ1) is 26.5. The predicted molar refractivity (Wildman–Crippen MR) is 118 cm³/mol. The number of benzene rings is 1. The number of nitrogens with one attached hydrogen (secondary N) is 1. The van der Waals surface area contributed by atoms with Gasteiger partial charge in [0.25, 0.3) is 5.69 Å². The Labute approximate surface area is 179 Å². The summed E-state index contributed by atoms with van der Waals surface area (Å²) in [6.45, 7) is 1.61. The molecule has 8 nitrogen and oxygen atoms in total. The van der Waals surface area contributed by atoms with Crippen LogP contribution in [0.2, 0.25) is 0 Å². The van der Waals surface area contributed by atoms with E-state index in [-0.39, 0.29) is 11.4 Å². The number of aliphatic hydroxyl groups is 2. The van der Waals surface area contributed by atoms with E-state index >= 15 is 0 Å². The fraction of sp³-hybridized carbons (Fsp3) is 0.714. The Kier molecular flexibility index (Phi) is 12.8. The summed E-state index contributed by atoms with van der Waals surface area (Å²) in [7, 11) is -3.65. The van der Waals surface area contributed by atoms with Crippen LogP contribution in [0.1, 0.15) is 82.8 Å². The second-order valence-corrected chi connectivity index (χ2v) is 9.57. The van der Waals surface area contributed by atoms with E-state index in [0.29, 0.717) is 12.0 Å². The number of unbranched alkanes of at least 4 members (excludes halogenated alkanes) is 9. The Balaban J connectivity index is 2.36. The number of hydrogen-bond donors (Lipinski definition) is 3. The fourth-order valence-electron chi connectivity index (χ4n) is 3.30. The molecule has 0 unspecified atom stereocenters. The van der Waals surface area contributed by atoms with Crippen molar-refractivity contribution < 1.29 is 23.6 Å². The van der Waals surface area contributed by atoms with E-state index in [1.54, 1.807) is 0 Å². The van der Waals surface area contributed by atoms with E-state index in [0.717, 1.165) is 19.3 Å². The summed E-state index contributed by atoms with van der Waals surface area (Å²) in [4.78, 5) is 10.1. The summed E-state index contributed by atoms with van der Waals surface area (Å²) in [5.41, 5.74) is 0.161. The van der Waals surface area contributed by atoms with E-state index in [2.05, 4.69) is 11.6 Å². The Morgan fingerprint density at radius 1 is 0.967 bits per heavy atom. The van der Waals surface area contributed by atoms with Crippen LogP contribution in [0, 0.1) is 10.1 Å². The number of nitro groups is 1. The van der Waals surface area contributed by atoms with E-state index < -0.39 is 33.7 Å². The Hall–Kier alpha value is -1.55. The van der Waals surface area contributed by atoms with Crippen LogP contribution in [-0.4, -0.2) is 42.0 Å². The maximum Gasteiger partial charge on any atom is 0.269 e. The predicted octanol–water partition coefficient (Wildman–Crippen LogP) is 3.83. The normalized spacial score (nSPS) is 13.8. The number of nitro benzene ring substituents is 1. The average molecular weight is 445 g/mol. The van der Waals surface area contributed by atoms with Crippen molar-refractivity contribution in [2.24, 2.45) is 0 Å². The molecule has 30 heavy (non-hydrogen) atoms. The van der Waals surface area contributed by atoms with E-state index in [1.807, 2.05) is 0 Å². The minimum absolute atomic E-state index is 0.0625. The third-order valence-corrected chi connectivity index (χ3v) is 6.61. The van der Waals surface area contributed by atoms with Gasteiger partial charge in [-0.3, -0.25) is 10.1 Å². The molecule has 9 heteroatoms. The number of non-ortho nitro benzene ring substituents is 1. The first-order chi connectivity index (χ1) is 14.3. The van der Waals surface area contributed by atoms with Crippen molar-refractivity contribution in [1.29, 1.82) is 0 Å². The monoisotopic (exact) mass is 444 g/mol. The van der Waals surface area contributed by atoms with Crippen molar-refractivity contribution >= 4 is 15.7 Å². The van der Waals surface area contributed by atoms with Crippen LogP contribution < -0.4 is 4.72 Å². The van der Waals surface area contributed by atoms with Gasteiger partial charge < -0.3 is 10.2 Å². The van der Waals surface area contributed by atoms with Crippen molar-refractivity contribution in [2.75, 3.05) is 12.4 Å². The SMILES string of the molecule is CCCCCCCCCCCCS(=O)(=O)N[C@H](CO)[C@H](O)c1ccc([N+](=O)[O-])cc1. The zero-order valence-electron chi connectivity index (χ0n) is 17.8. The van der Waals surface area contributed by atoms with Crippen LogP contribution >= 0.6 is 0 Å². The topological polar surface area (TPSA) is 130 Å². The Morgan fingerprint density at radius 2 is 1.47 bits per heavy atom. The lowest BCUT2D eigenvalue weighted by Gasteiger charge is -2.22. The van der Waals surface area contributed by atoms with Gasteiger partial charge in [-0.05, 0) is 24.1 Å². The molecule has 0 amide bonds. The minimum atomic E-state index is -3.65. The van der Waals surface area contributed by atoms with Gasteiger partial charge in [0.2, 0.25) is 10.0 Å². The molecule has 0 saturated carbocycles. The number of nitrogens with zero attached hydrogens (tertiary/aromatic N) is 1. The van der Waals surface area contributed by atoms with Crippen molar-refractivity contribution in [1.82, 2.24) is 4.72 Å². The highest BCUT2D eigenvalue weighted by molar-refractivity contribution is 7.89. The van der Waals surface area contributed by atoms with Gasteiger partial charge in [-0.2, -0.15) is 0 Å². The molecule has 0 aliphatic heterocycles. The highest BCUT2D eigenvalue weighted by Crippen LogP contribution is 2.21. The smallest absolute Gasteiger partial charge is 0.269 e. The van der Waals surface area contributed by atoms with Gasteiger partial charge in [0.05, 0.1) is 29.4 Å². The number of aliphatic hydroxyl groups excluding tert-OH is 2. The van der Waals surface area contributed by atoms with Gasteiger partial charge in [-0.25, -0.2) is 13.1 Å². The lowest BCUT2D eigenvalue weighted by atomic mass is 10.0. The molecule has 3 N–H and O–H groups in total. The van der Waals surface area contributed by atoms with Crippen LogP contribution in [0.15, 0.2) is 24.3 Å². The molecular weight excluding hydrogens is 408 g/mol. The maximum absolute atomic E-state index is 12.3. The molecule has 0 fully saturated rings. The molecule has 172 valence electrons. The van der Waals surface area contributed by atoms with Gasteiger partial charge in [-0.1, -0.05) is 64.7 Å². The highest BCUT2D eigenvalue weighted by atomic mass is 32.2. The summed E-state index contributed by atoms with van der Waals surface area (Å²) in [5, 5.41) is 30.6. The highest BCUT2D eigenvalue weighted by Gasteiger charge is 2.25. The van der Waals surface area contributed by atoms with Gasteiger partial charge in [0.15, 0.2) is 0 Å². The maximum atomic E-state index is 12.3. The molecule has 0 heterocycles. The first-order valence-electron chi connectivity index (χ1n) is 10.8. The fourth-order valence-corrected chi connectivity index (χ4v) is 4.66. The van der Waals surface area contributed by atoms with E-state index in [4.69, 9.17) is 0 Å². The van der Waals surface area contributed by atoms with Gasteiger partial charge in [0.1, 0.15) is 0 Å². The zero-order valence-corrected chi connectivity index (χ0v) is 18.6. The number of hydrogen-bond acceptors (Lipinski definition) is 6. The molecule has 2 atom stereocenters. The summed E-state index contributed by atoms with van der Waals surface area (Å²) in [6.07, 6.45) is 9.66. The summed E-state index contributed by atoms with van der Waals surface area (Å²) in [6, 6.07) is 4.04.